The third-order valence-electron chi connectivity index (χ3n) is 3.70. The van der Waals surface area contributed by atoms with E-state index in [-0.39, 0.29) is 5.92 Å². The van der Waals surface area contributed by atoms with Crippen molar-refractivity contribution in [2.45, 2.75) is 33.7 Å². The molecule has 0 saturated heterocycles. The molecule has 0 fully saturated rings. The number of anilines is 1. The number of aromatic hydroxyl groups is 1. The first-order valence-electron chi connectivity index (χ1n) is 8.11. The number of aromatic nitrogens is 2. The summed E-state index contributed by atoms with van der Waals surface area (Å²) in [4.78, 5) is 12.0. The van der Waals surface area contributed by atoms with Crippen LogP contribution in [0.2, 0.25) is 0 Å². The highest BCUT2D eigenvalue weighted by molar-refractivity contribution is 9.10. The molecule has 136 valence electrons. The number of rotatable bonds is 6. The molecule has 1 aromatic carbocycles. The molecule has 2 aromatic rings. The molecular formula is C18H24BrN3O3. The molecule has 0 radical (unpaired) electrons. The van der Waals surface area contributed by atoms with Crippen LogP contribution in [-0.4, -0.2) is 32.9 Å². The minimum atomic E-state index is -0.706. The van der Waals surface area contributed by atoms with E-state index in [4.69, 9.17) is 5.11 Å². The normalized spacial score (nSPS) is 11.2. The minimum absolute atomic E-state index is 0.181. The average molecular weight is 410 g/mol. The molecule has 25 heavy (non-hydrogen) atoms. The first-order chi connectivity index (χ1) is 11.9. The molecule has 1 aromatic heterocycles. The van der Waals surface area contributed by atoms with Gasteiger partial charge in [-0.3, -0.25) is 4.79 Å². The second-order valence-electron chi connectivity index (χ2n) is 5.52. The maximum absolute atomic E-state index is 9.93. The number of carbonyl (C=O) groups is 1. The van der Waals surface area contributed by atoms with Crippen molar-refractivity contribution < 1.29 is 15.0 Å². The molecule has 1 atom stereocenters. The zero-order chi connectivity index (χ0) is 18.8. The number of benzene rings is 1. The number of halogens is 1. The highest BCUT2D eigenvalue weighted by atomic mass is 79.9. The molecule has 0 aliphatic carbocycles. The Labute approximate surface area is 156 Å². The van der Waals surface area contributed by atoms with Crippen LogP contribution in [0.5, 0.6) is 5.75 Å². The molecule has 7 heteroatoms. The van der Waals surface area contributed by atoms with Crippen LogP contribution in [0.25, 0.3) is 0 Å². The Bertz CT molecular complexity index is 668. The lowest BCUT2D eigenvalue weighted by Crippen LogP contribution is -2.23. The van der Waals surface area contributed by atoms with E-state index in [1.807, 2.05) is 38.1 Å². The van der Waals surface area contributed by atoms with Crippen molar-refractivity contribution in [2.75, 3.05) is 11.4 Å². The summed E-state index contributed by atoms with van der Waals surface area (Å²) in [6.07, 6.45) is 2.36. The van der Waals surface area contributed by atoms with E-state index >= 15 is 0 Å². The van der Waals surface area contributed by atoms with E-state index in [9.17, 15) is 9.90 Å². The monoisotopic (exact) mass is 409 g/mol. The van der Waals surface area contributed by atoms with Crippen LogP contribution in [0.1, 0.15) is 32.8 Å². The molecule has 1 heterocycles. The van der Waals surface area contributed by atoms with Crippen LogP contribution in [0.3, 0.4) is 0 Å². The Morgan fingerprint density at radius 2 is 2.04 bits per heavy atom. The second kappa shape index (κ2) is 10.7. The Morgan fingerprint density at radius 3 is 2.52 bits per heavy atom. The summed E-state index contributed by atoms with van der Waals surface area (Å²) in [5.41, 5.74) is 0.858. The van der Waals surface area contributed by atoms with Gasteiger partial charge in [0.2, 0.25) is 0 Å². The molecule has 6 nitrogen and oxygen atoms in total. The van der Waals surface area contributed by atoms with Crippen molar-refractivity contribution >= 4 is 27.7 Å². The maximum atomic E-state index is 9.93. The maximum Gasteiger partial charge on any atom is 0.306 e. The fourth-order valence-corrected chi connectivity index (χ4v) is 2.29. The third kappa shape index (κ3) is 7.09. The zero-order valence-electron chi connectivity index (χ0n) is 14.7. The van der Waals surface area contributed by atoms with Gasteiger partial charge in [-0.2, -0.15) is 5.10 Å². The summed E-state index contributed by atoms with van der Waals surface area (Å²) in [5, 5.41) is 26.0. The van der Waals surface area contributed by atoms with Gasteiger partial charge in [0.05, 0.1) is 5.92 Å². The highest BCUT2D eigenvalue weighted by Gasteiger charge is 2.10. The quantitative estimate of drug-likeness (QED) is 0.746. The standard InChI is InChI=1S/C13H14BrN3O.C5H10O2/c1-2-17(13-4-3-7-15-16-13)9-10-8-11(14)5-6-12(10)18;1-3-4(2)5(6)7/h3-8,18H,2,9H2,1H3;4H,3H2,1-2H3,(H,6,7). The minimum Gasteiger partial charge on any atom is -0.508 e. The van der Waals surface area contributed by atoms with Crippen LogP contribution < -0.4 is 4.90 Å². The Morgan fingerprint density at radius 1 is 1.32 bits per heavy atom. The van der Waals surface area contributed by atoms with E-state index in [0.29, 0.717) is 12.3 Å². The smallest absolute Gasteiger partial charge is 0.306 e. The van der Waals surface area contributed by atoms with Gasteiger partial charge in [0.25, 0.3) is 0 Å². The van der Waals surface area contributed by atoms with Crippen LogP contribution in [0.4, 0.5) is 5.82 Å². The molecular weight excluding hydrogens is 386 g/mol. The number of hydrogen-bond donors (Lipinski definition) is 2. The van der Waals surface area contributed by atoms with E-state index < -0.39 is 5.97 Å². The van der Waals surface area contributed by atoms with Crippen LogP contribution in [-0.2, 0) is 11.3 Å². The predicted octanol–water partition coefficient (Wildman–Crippen LogP) is 4.09. The number of aliphatic carboxylic acids is 1. The van der Waals surface area contributed by atoms with Crippen molar-refractivity contribution in [3.63, 3.8) is 0 Å². The lowest BCUT2D eigenvalue weighted by molar-refractivity contribution is -0.141. The van der Waals surface area contributed by atoms with Gasteiger partial charge in [0.1, 0.15) is 5.75 Å². The SMILES string of the molecule is CCC(C)C(=O)O.CCN(Cc1cc(Br)ccc1O)c1cccnn1. The Balaban J connectivity index is 0.000000381. The average Bonchev–Trinajstić information content (AvgIpc) is 2.62. The summed E-state index contributed by atoms with van der Waals surface area (Å²) in [7, 11) is 0. The first kappa shape index (κ1) is 20.9. The number of phenolic OH excluding ortho intramolecular Hbond substituents is 1. The highest BCUT2D eigenvalue weighted by Crippen LogP contribution is 2.24. The number of nitrogens with zero attached hydrogens (tertiary/aromatic N) is 3. The summed E-state index contributed by atoms with van der Waals surface area (Å²) >= 11 is 3.41. The lowest BCUT2D eigenvalue weighted by atomic mass is 10.1. The van der Waals surface area contributed by atoms with E-state index in [2.05, 4.69) is 31.0 Å². The van der Waals surface area contributed by atoms with E-state index in [1.54, 1.807) is 19.2 Å². The van der Waals surface area contributed by atoms with Crippen LogP contribution in [0, 0.1) is 5.92 Å². The first-order valence-corrected chi connectivity index (χ1v) is 8.91. The molecule has 2 rings (SSSR count). The second-order valence-corrected chi connectivity index (χ2v) is 6.43. The molecule has 0 saturated carbocycles. The van der Waals surface area contributed by atoms with Crippen LogP contribution in [0.15, 0.2) is 41.0 Å². The fourth-order valence-electron chi connectivity index (χ4n) is 1.88. The molecule has 1 unspecified atom stereocenters. The van der Waals surface area contributed by atoms with Gasteiger partial charge in [0, 0.05) is 29.3 Å². The molecule has 0 bridgehead atoms. The summed E-state index contributed by atoms with van der Waals surface area (Å²) in [6, 6.07) is 9.17. The van der Waals surface area contributed by atoms with Crippen molar-refractivity contribution in [2.24, 2.45) is 5.92 Å². The van der Waals surface area contributed by atoms with Gasteiger partial charge in [-0.1, -0.05) is 29.8 Å². The summed E-state index contributed by atoms with van der Waals surface area (Å²) in [6.45, 7) is 7.00. The zero-order valence-corrected chi connectivity index (χ0v) is 16.3. The van der Waals surface area contributed by atoms with Crippen LogP contribution >= 0.6 is 15.9 Å². The Kier molecular flexibility index (Phi) is 8.91. The number of phenols is 1. The van der Waals surface area contributed by atoms with Crippen molar-refractivity contribution in [3.05, 3.63) is 46.6 Å². The van der Waals surface area contributed by atoms with Gasteiger partial charge in [0.15, 0.2) is 5.82 Å². The summed E-state index contributed by atoms with van der Waals surface area (Å²) < 4.78 is 0.950. The van der Waals surface area contributed by atoms with Crippen molar-refractivity contribution in [1.29, 1.82) is 0 Å². The molecule has 0 spiro atoms. The summed E-state index contributed by atoms with van der Waals surface area (Å²) in [5.74, 6) is 0.211. The van der Waals surface area contributed by atoms with Gasteiger partial charge >= 0.3 is 5.97 Å². The predicted molar refractivity (Wildman–Crippen MR) is 102 cm³/mol. The molecule has 0 aliphatic rings. The van der Waals surface area contributed by atoms with Gasteiger partial charge in [-0.25, -0.2) is 0 Å². The van der Waals surface area contributed by atoms with Crippen molar-refractivity contribution in [3.8, 4) is 5.75 Å². The van der Waals surface area contributed by atoms with Gasteiger partial charge in [-0.15, -0.1) is 5.10 Å². The topological polar surface area (TPSA) is 86.5 Å². The van der Waals surface area contributed by atoms with Crippen molar-refractivity contribution in [1.82, 2.24) is 10.2 Å². The van der Waals surface area contributed by atoms with Gasteiger partial charge in [-0.05, 0) is 43.7 Å². The lowest BCUT2D eigenvalue weighted by Gasteiger charge is -2.21. The fraction of sp³-hybridized carbons (Fsp3) is 0.389. The largest absolute Gasteiger partial charge is 0.508 e. The molecule has 0 aliphatic heterocycles. The molecule has 0 amide bonds. The number of hydrogen-bond acceptors (Lipinski definition) is 5. The third-order valence-corrected chi connectivity index (χ3v) is 4.19. The van der Waals surface area contributed by atoms with E-state index in [0.717, 1.165) is 28.8 Å². The molecule has 2 N–H and O–H groups in total. The Hall–Kier alpha value is -2.15. The number of carboxylic acid groups (broad SMARTS) is 1. The van der Waals surface area contributed by atoms with E-state index in [1.165, 1.54) is 0 Å². The van der Waals surface area contributed by atoms with Gasteiger partial charge < -0.3 is 15.1 Å². The number of carboxylic acids is 1.